The first-order valence-electron chi connectivity index (χ1n) is 7.27. The van der Waals surface area contributed by atoms with Crippen LogP contribution in [0.4, 0.5) is 0 Å². The summed E-state index contributed by atoms with van der Waals surface area (Å²) in [5, 5.41) is 19.4. The molecule has 3 fully saturated rings. The number of carboxylic acids is 2. The van der Waals surface area contributed by atoms with E-state index in [1.54, 1.807) is 0 Å². The van der Waals surface area contributed by atoms with Gasteiger partial charge in [0, 0.05) is 0 Å². The molecule has 0 saturated carbocycles. The lowest BCUT2D eigenvalue weighted by Gasteiger charge is -2.34. The van der Waals surface area contributed by atoms with Crippen LogP contribution in [0.2, 0.25) is 0 Å². The highest BCUT2D eigenvalue weighted by molar-refractivity contribution is 5.83. The van der Waals surface area contributed by atoms with Gasteiger partial charge in [-0.2, -0.15) is 0 Å². The fourth-order valence-corrected chi connectivity index (χ4v) is 3.15. The number of ether oxygens (including phenoxy) is 3. The number of aliphatic carboxylic acids is 2. The predicted molar refractivity (Wildman–Crippen MR) is 68.9 cm³/mol. The number of hydrogen-bond donors (Lipinski definition) is 2. The van der Waals surface area contributed by atoms with Crippen LogP contribution >= 0.6 is 0 Å². The summed E-state index contributed by atoms with van der Waals surface area (Å²) in [5.74, 6) is -3.14. The van der Waals surface area contributed by atoms with Gasteiger partial charge in [-0.25, -0.2) is 0 Å². The highest BCUT2D eigenvalue weighted by atomic mass is 16.6. The highest BCUT2D eigenvalue weighted by Crippen LogP contribution is 2.47. The maximum Gasteiger partial charge on any atom is 0.310 e. The van der Waals surface area contributed by atoms with Gasteiger partial charge in [0.25, 0.3) is 0 Å². The van der Waals surface area contributed by atoms with Gasteiger partial charge in [-0.3, -0.25) is 9.59 Å². The van der Waals surface area contributed by atoms with Gasteiger partial charge in [-0.15, -0.1) is 0 Å². The summed E-state index contributed by atoms with van der Waals surface area (Å²) in [4.78, 5) is 23.7. The summed E-state index contributed by atoms with van der Waals surface area (Å²) >= 11 is 0. The molecule has 3 heterocycles. The third-order valence-corrected chi connectivity index (χ3v) is 4.68. The van der Waals surface area contributed by atoms with E-state index in [1.807, 2.05) is 6.92 Å². The topological polar surface area (TPSA) is 112 Å². The molecular formula is C14H20O7. The van der Waals surface area contributed by atoms with Crippen molar-refractivity contribution in [3.05, 3.63) is 0 Å². The van der Waals surface area contributed by atoms with Gasteiger partial charge in [-0.1, -0.05) is 0 Å². The van der Waals surface area contributed by atoms with E-state index in [2.05, 4.69) is 0 Å². The van der Waals surface area contributed by atoms with Crippen LogP contribution < -0.4 is 0 Å². The summed E-state index contributed by atoms with van der Waals surface area (Å²) in [5.41, 5.74) is -1.35. The monoisotopic (exact) mass is 300 g/mol. The summed E-state index contributed by atoms with van der Waals surface area (Å²) in [6.45, 7) is 2.87. The fraction of sp³-hybridized carbons (Fsp3) is 0.857. The molecule has 0 spiro atoms. The van der Waals surface area contributed by atoms with E-state index in [0.717, 1.165) is 0 Å². The molecule has 7 nitrogen and oxygen atoms in total. The molecule has 0 bridgehead atoms. The average molecular weight is 300 g/mol. The number of epoxide rings is 3. The summed E-state index contributed by atoms with van der Waals surface area (Å²) < 4.78 is 15.6. The summed E-state index contributed by atoms with van der Waals surface area (Å²) in [6.07, 6.45) is 0.208. The minimum atomic E-state index is -1.35. The van der Waals surface area contributed by atoms with E-state index in [1.165, 1.54) is 0 Å². The molecule has 5 unspecified atom stereocenters. The fourth-order valence-electron chi connectivity index (χ4n) is 3.15. The van der Waals surface area contributed by atoms with Crippen LogP contribution in [0, 0.1) is 11.3 Å². The summed E-state index contributed by atoms with van der Waals surface area (Å²) in [6, 6.07) is 0. The van der Waals surface area contributed by atoms with Crippen LogP contribution in [0.5, 0.6) is 0 Å². The van der Waals surface area contributed by atoms with Crippen molar-refractivity contribution in [1.82, 2.24) is 0 Å². The zero-order valence-corrected chi connectivity index (χ0v) is 11.9. The Morgan fingerprint density at radius 2 is 1.67 bits per heavy atom. The standard InChI is InChI=1S/C14H20O7/c1-7-11(21-7)2-10(12(15)16)14(13(17)18,3-8-5-19-8)4-9-6-20-9/h7-11H,2-6H2,1H3,(H,15,16)(H,17,18). The quantitative estimate of drug-likeness (QED) is 0.597. The van der Waals surface area contributed by atoms with Crippen molar-refractivity contribution in [3.63, 3.8) is 0 Å². The number of rotatable bonds is 9. The van der Waals surface area contributed by atoms with Crippen molar-refractivity contribution in [3.8, 4) is 0 Å². The first-order valence-corrected chi connectivity index (χ1v) is 7.27. The van der Waals surface area contributed by atoms with Gasteiger partial charge in [0.05, 0.1) is 49.0 Å². The summed E-state index contributed by atoms with van der Waals surface area (Å²) in [7, 11) is 0. The van der Waals surface area contributed by atoms with Crippen LogP contribution in [-0.4, -0.2) is 59.8 Å². The molecule has 21 heavy (non-hydrogen) atoms. The van der Waals surface area contributed by atoms with Crippen LogP contribution in [-0.2, 0) is 23.8 Å². The SMILES string of the molecule is CC1OC1CC(C(=O)O)C(CC1CO1)(CC1CO1)C(=O)O. The molecule has 2 N–H and O–H groups in total. The van der Waals surface area contributed by atoms with Crippen molar-refractivity contribution >= 4 is 11.9 Å². The zero-order chi connectivity index (χ0) is 15.2. The number of carboxylic acid groups (broad SMARTS) is 2. The van der Waals surface area contributed by atoms with Crippen LogP contribution in [0.3, 0.4) is 0 Å². The molecule has 0 aromatic rings. The Hall–Kier alpha value is -1.18. The van der Waals surface area contributed by atoms with Crippen molar-refractivity contribution in [2.45, 2.75) is 50.6 Å². The first kappa shape index (κ1) is 14.7. The second-order valence-corrected chi connectivity index (χ2v) is 6.29. The van der Waals surface area contributed by atoms with E-state index < -0.39 is 23.3 Å². The van der Waals surface area contributed by atoms with Gasteiger partial charge in [0.2, 0.25) is 0 Å². The minimum Gasteiger partial charge on any atom is -0.481 e. The Balaban J connectivity index is 1.84. The molecule has 7 heteroatoms. The molecule has 0 amide bonds. The van der Waals surface area contributed by atoms with Crippen molar-refractivity contribution in [2.24, 2.45) is 11.3 Å². The van der Waals surface area contributed by atoms with E-state index in [0.29, 0.717) is 13.2 Å². The number of carbonyl (C=O) groups is 2. The first-order chi connectivity index (χ1) is 9.92. The highest BCUT2D eigenvalue weighted by Gasteiger charge is 2.57. The van der Waals surface area contributed by atoms with Crippen molar-refractivity contribution < 1.29 is 34.0 Å². The molecular weight excluding hydrogens is 280 g/mol. The van der Waals surface area contributed by atoms with Crippen LogP contribution in [0.1, 0.15) is 26.2 Å². The zero-order valence-electron chi connectivity index (χ0n) is 11.9. The van der Waals surface area contributed by atoms with E-state index in [4.69, 9.17) is 14.2 Å². The smallest absolute Gasteiger partial charge is 0.310 e. The molecule has 0 aromatic heterocycles. The van der Waals surface area contributed by atoms with E-state index in [-0.39, 0.29) is 43.7 Å². The number of hydrogen-bond acceptors (Lipinski definition) is 5. The van der Waals surface area contributed by atoms with Gasteiger partial charge in [0.1, 0.15) is 0 Å². The van der Waals surface area contributed by atoms with Gasteiger partial charge in [0.15, 0.2) is 0 Å². The average Bonchev–Trinajstić information content (AvgIpc) is 3.22. The Bertz CT molecular complexity index is 427. The molecule has 0 aromatic carbocycles. The molecule has 3 saturated heterocycles. The lowest BCUT2D eigenvalue weighted by atomic mass is 9.67. The molecule has 3 rings (SSSR count). The molecule has 3 aliphatic heterocycles. The van der Waals surface area contributed by atoms with Gasteiger partial charge >= 0.3 is 11.9 Å². The van der Waals surface area contributed by atoms with E-state index in [9.17, 15) is 19.8 Å². The molecule has 0 aliphatic carbocycles. The van der Waals surface area contributed by atoms with Crippen molar-refractivity contribution in [1.29, 1.82) is 0 Å². The normalized spacial score (nSPS) is 37.4. The maximum atomic E-state index is 12.0. The minimum absolute atomic E-state index is 0.00712. The molecule has 0 radical (unpaired) electrons. The largest absolute Gasteiger partial charge is 0.481 e. The molecule has 118 valence electrons. The Kier molecular flexibility index (Phi) is 3.67. The van der Waals surface area contributed by atoms with Crippen LogP contribution in [0.25, 0.3) is 0 Å². The van der Waals surface area contributed by atoms with Gasteiger partial charge < -0.3 is 24.4 Å². The van der Waals surface area contributed by atoms with Gasteiger partial charge in [-0.05, 0) is 26.2 Å². The molecule has 3 aliphatic rings. The van der Waals surface area contributed by atoms with E-state index >= 15 is 0 Å². The second kappa shape index (κ2) is 5.23. The second-order valence-electron chi connectivity index (χ2n) is 6.29. The lowest BCUT2D eigenvalue weighted by molar-refractivity contribution is -0.165. The third-order valence-electron chi connectivity index (χ3n) is 4.68. The third kappa shape index (κ3) is 3.20. The Morgan fingerprint density at radius 3 is 1.95 bits per heavy atom. The Labute approximate surface area is 122 Å². The maximum absolute atomic E-state index is 12.0. The lowest BCUT2D eigenvalue weighted by Crippen LogP contribution is -2.45. The molecule has 5 atom stereocenters. The predicted octanol–water partition coefficient (Wildman–Crippen LogP) is 0.513. The van der Waals surface area contributed by atoms with Crippen LogP contribution in [0.15, 0.2) is 0 Å². The Morgan fingerprint density at radius 1 is 1.19 bits per heavy atom. The van der Waals surface area contributed by atoms with Crippen molar-refractivity contribution in [2.75, 3.05) is 13.2 Å².